The summed E-state index contributed by atoms with van der Waals surface area (Å²) in [5.74, 6) is -1.05. The van der Waals surface area contributed by atoms with Crippen LogP contribution >= 0.6 is 0 Å². The van der Waals surface area contributed by atoms with Gasteiger partial charge in [-0.05, 0) is 64.6 Å². The molecule has 0 aromatic rings. The number of esters is 2. The lowest BCUT2D eigenvalue weighted by atomic mass is 10.1. The first-order valence-corrected chi connectivity index (χ1v) is 30.1. The van der Waals surface area contributed by atoms with Gasteiger partial charge in [-0.3, -0.25) is 28.9 Å². The Morgan fingerprint density at radius 2 is 0.662 bits per heavy atom. The predicted octanol–water partition coefficient (Wildman–Crippen LogP) is 14.0. The molecule has 12 nitrogen and oxygen atoms in total. The molecule has 1 heterocycles. The van der Waals surface area contributed by atoms with Gasteiger partial charge in [-0.15, -0.1) is 0 Å². The Kier molecular flexibility index (Phi) is 50.1. The van der Waals surface area contributed by atoms with Crippen molar-refractivity contribution in [3.63, 3.8) is 0 Å². The molecule has 0 atom stereocenters. The second-order valence-electron chi connectivity index (χ2n) is 20.6. The molecule has 0 saturated carbocycles. The Hall–Kier alpha value is -2.73. The van der Waals surface area contributed by atoms with E-state index in [1.807, 2.05) is 9.80 Å². The normalized spacial score (nSPS) is 12.6. The molecular weight excluding hydrogens is 893 g/mol. The van der Waals surface area contributed by atoms with Crippen molar-refractivity contribution < 1.29 is 38.6 Å². The van der Waals surface area contributed by atoms with E-state index in [4.69, 9.17) is 14.6 Å². The maximum Gasteiger partial charge on any atom is 0.305 e. The number of carboxylic acid groups (broad SMARTS) is 1. The number of amides is 2. The second kappa shape index (κ2) is 52.1. The lowest BCUT2D eigenvalue weighted by Crippen LogP contribution is -2.53. The van der Waals surface area contributed by atoms with Crippen LogP contribution in [0.4, 0.5) is 0 Å². The molecule has 0 radical (unpaired) electrons. The van der Waals surface area contributed by atoms with E-state index in [1.54, 1.807) is 0 Å². The number of hydrogen-bond acceptors (Lipinski definition) is 9. The Morgan fingerprint density at radius 3 is 1.04 bits per heavy atom. The van der Waals surface area contributed by atoms with Crippen molar-refractivity contribution in [2.75, 3.05) is 78.7 Å². The Balaban J connectivity index is 0.00000260. The first-order chi connectivity index (χ1) is 34.6. The van der Waals surface area contributed by atoms with Crippen molar-refractivity contribution >= 4 is 29.7 Å². The van der Waals surface area contributed by atoms with Crippen molar-refractivity contribution in [3.05, 3.63) is 0 Å². The van der Waals surface area contributed by atoms with Crippen LogP contribution in [0.1, 0.15) is 272 Å². The maximum absolute atomic E-state index is 13.7. The summed E-state index contributed by atoms with van der Waals surface area (Å²) in [6, 6.07) is 0. The number of hydrogen-bond donors (Lipinski definition) is 1. The number of piperazine rings is 1. The van der Waals surface area contributed by atoms with Crippen LogP contribution in [0.15, 0.2) is 0 Å². The molecule has 1 fully saturated rings. The SMILES string of the molecule is CCCCCCCCCN(CCCCCCCCC)CCN(CCCCCCCCC)CC(=O)N1CCN(C(=O)CCCC(=O)OCCCCCCC)CC1.CCCCCCCOC(=O)CCCC(=O)O. The highest BCUT2D eigenvalue weighted by Crippen LogP contribution is 2.14. The third-order valence-electron chi connectivity index (χ3n) is 13.9. The highest BCUT2D eigenvalue weighted by atomic mass is 16.5. The number of carbonyl (C=O) groups is 5. The minimum absolute atomic E-state index is 0.0333. The minimum Gasteiger partial charge on any atom is -0.481 e. The van der Waals surface area contributed by atoms with Gasteiger partial charge in [-0.25, -0.2) is 0 Å². The Labute approximate surface area is 437 Å². The smallest absolute Gasteiger partial charge is 0.305 e. The number of rotatable bonds is 49. The number of carboxylic acids is 1. The molecule has 0 aliphatic carbocycles. The van der Waals surface area contributed by atoms with E-state index < -0.39 is 5.97 Å². The average Bonchev–Trinajstić information content (AvgIpc) is 3.36. The second-order valence-corrected chi connectivity index (χ2v) is 20.6. The Morgan fingerprint density at radius 1 is 0.352 bits per heavy atom. The van der Waals surface area contributed by atoms with E-state index in [9.17, 15) is 24.0 Å². The topological polar surface area (TPSA) is 137 Å². The summed E-state index contributed by atoms with van der Waals surface area (Å²) in [6.07, 6.45) is 40.8. The van der Waals surface area contributed by atoms with E-state index in [2.05, 4.69) is 44.4 Å². The summed E-state index contributed by atoms with van der Waals surface area (Å²) in [7, 11) is 0. The zero-order valence-corrected chi connectivity index (χ0v) is 47.2. The van der Waals surface area contributed by atoms with Crippen LogP contribution < -0.4 is 0 Å². The van der Waals surface area contributed by atoms with Gasteiger partial charge < -0.3 is 29.3 Å². The van der Waals surface area contributed by atoms with Crippen molar-refractivity contribution in [3.8, 4) is 0 Å². The van der Waals surface area contributed by atoms with E-state index in [1.165, 1.54) is 180 Å². The summed E-state index contributed by atoms with van der Waals surface area (Å²) in [5, 5.41) is 8.37. The zero-order valence-electron chi connectivity index (χ0n) is 47.2. The fourth-order valence-corrected chi connectivity index (χ4v) is 9.12. The molecule has 1 N–H and O–H groups in total. The Bertz CT molecular complexity index is 1230. The highest BCUT2D eigenvalue weighted by molar-refractivity contribution is 5.80. The zero-order chi connectivity index (χ0) is 52.3. The molecule has 71 heavy (non-hydrogen) atoms. The van der Waals surface area contributed by atoms with Crippen molar-refractivity contribution in [2.24, 2.45) is 0 Å². The first kappa shape index (κ1) is 68.3. The van der Waals surface area contributed by atoms with Crippen LogP contribution in [-0.4, -0.2) is 133 Å². The summed E-state index contributed by atoms with van der Waals surface area (Å²) < 4.78 is 10.3. The lowest BCUT2D eigenvalue weighted by molar-refractivity contribution is -0.145. The monoisotopic (exact) mass is 1010 g/mol. The van der Waals surface area contributed by atoms with Crippen LogP contribution in [0.25, 0.3) is 0 Å². The van der Waals surface area contributed by atoms with E-state index in [-0.39, 0.29) is 36.6 Å². The number of carbonyl (C=O) groups excluding carboxylic acids is 4. The molecule has 0 aromatic heterocycles. The fourth-order valence-electron chi connectivity index (χ4n) is 9.12. The maximum atomic E-state index is 13.7. The number of unbranched alkanes of at least 4 members (excludes halogenated alkanes) is 26. The number of aliphatic carboxylic acids is 1. The van der Waals surface area contributed by atoms with Gasteiger partial charge in [-0.2, -0.15) is 0 Å². The molecule has 0 bridgehead atoms. The van der Waals surface area contributed by atoms with Gasteiger partial charge in [0.25, 0.3) is 0 Å². The largest absolute Gasteiger partial charge is 0.481 e. The molecule has 0 unspecified atom stereocenters. The molecule has 2 amide bonds. The van der Waals surface area contributed by atoms with E-state index in [0.717, 1.165) is 51.7 Å². The van der Waals surface area contributed by atoms with Crippen LogP contribution in [0.2, 0.25) is 0 Å². The molecule has 0 aromatic carbocycles. The number of nitrogens with zero attached hydrogens (tertiary/aromatic N) is 4. The first-order valence-electron chi connectivity index (χ1n) is 30.1. The van der Waals surface area contributed by atoms with Crippen LogP contribution in [0, 0.1) is 0 Å². The van der Waals surface area contributed by atoms with Crippen molar-refractivity contribution in [1.82, 2.24) is 19.6 Å². The molecular formula is C59H114N4O8. The molecule has 1 aliphatic rings. The molecule has 1 aliphatic heterocycles. The van der Waals surface area contributed by atoms with Crippen LogP contribution in [0.5, 0.6) is 0 Å². The van der Waals surface area contributed by atoms with E-state index in [0.29, 0.717) is 71.6 Å². The van der Waals surface area contributed by atoms with Crippen LogP contribution in [0.3, 0.4) is 0 Å². The molecule has 418 valence electrons. The van der Waals surface area contributed by atoms with Gasteiger partial charge in [0.1, 0.15) is 0 Å². The molecule has 0 spiro atoms. The van der Waals surface area contributed by atoms with Crippen molar-refractivity contribution in [2.45, 2.75) is 272 Å². The minimum atomic E-state index is -0.868. The molecule has 1 rings (SSSR count). The summed E-state index contributed by atoms with van der Waals surface area (Å²) in [5.41, 5.74) is 0. The summed E-state index contributed by atoms with van der Waals surface area (Å²) >= 11 is 0. The third-order valence-corrected chi connectivity index (χ3v) is 13.9. The molecule has 1 saturated heterocycles. The van der Waals surface area contributed by atoms with Gasteiger partial charge in [-0.1, -0.05) is 202 Å². The van der Waals surface area contributed by atoms with Crippen molar-refractivity contribution in [1.29, 1.82) is 0 Å². The molecule has 12 heteroatoms. The van der Waals surface area contributed by atoms with Gasteiger partial charge in [0.05, 0.1) is 19.8 Å². The summed E-state index contributed by atoms with van der Waals surface area (Å²) in [6.45, 7) is 20.3. The standard InChI is InChI=1S/C47H92N4O4.C12H22O4/c1-5-9-13-17-20-23-27-34-48(35-28-24-21-18-14-10-6-2)37-38-49(36-29-25-22-19-15-11-7-3)44-46(53)51-41-39-50(40-42-51)45(52)32-31-33-47(54)55-43-30-26-16-12-8-4;1-2-3-4-5-6-10-16-12(15)9-7-8-11(13)14/h5-44H2,1-4H3;2-10H2,1H3,(H,13,14). The van der Waals surface area contributed by atoms with Gasteiger partial charge in [0.2, 0.25) is 11.8 Å². The van der Waals surface area contributed by atoms with Gasteiger partial charge >= 0.3 is 17.9 Å². The summed E-state index contributed by atoms with van der Waals surface area (Å²) in [4.78, 5) is 69.0. The lowest BCUT2D eigenvalue weighted by Gasteiger charge is -2.36. The third kappa shape index (κ3) is 45.6. The van der Waals surface area contributed by atoms with Gasteiger partial charge in [0.15, 0.2) is 0 Å². The number of ether oxygens (including phenoxy) is 2. The van der Waals surface area contributed by atoms with Gasteiger partial charge in [0, 0.05) is 65.0 Å². The predicted molar refractivity (Wildman–Crippen MR) is 295 cm³/mol. The van der Waals surface area contributed by atoms with Crippen LogP contribution in [-0.2, 0) is 33.4 Å². The quantitative estimate of drug-likeness (QED) is 0.0463. The van der Waals surface area contributed by atoms with E-state index >= 15 is 0 Å². The fraction of sp³-hybridized carbons (Fsp3) is 0.915. The average molecular weight is 1010 g/mol. The highest BCUT2D eigenvalue weighted by Gasteiger charge is 2.25.